The fraction of sp³-hybridized carbons (Fsp3) is 0.571. The van der Waals surface area contributed by atoms with Crippen LogP contribution in [0.1, 0.15) is 80.6 Å². The van der Waals surface area contributed by atoms with E-state index in [2.05, 4.69) is 9.88 Å². The number of ether oxygens (including phenoxy) is 2. The molecule has 2 aromatic rings. The molecular weight excluding hydrogens is 472 g/mol. The van der Waals surface area contributed by atoms with Gasteiger partial charge in [-0.2, -0.15) is 0 Å². The summed E-state index contributed by atoms with van der Waals surface area (Å²) in [5.41, 5.74) is 2.99. The predicted octanol–water partition coefficient (Wildman–Crippen LogP) is 4.12. The van der Waals surface area contributed by atoms with Crippen LogP contribution < -0.4 is 15.4 Å². The number of rotatable bonds is 3. The Morgan fingerprint density at radius 1 is 1.14 bits per heavy atom. The number of nitrogens with zero attached hydrogens (tertiary/aromatic N) is 3. The van der Waals surface area contributed by atoms with E-state index in [0.717, 1.165) is 55.3 Å². The van der Waals surface area contributed by atoms with Gasteiger partial charge >= 0.3 is 12.1 Å². The first kappa shape index (κ1) is 25.3. The smallest absolute Gasteiger partial charge is 0.414 e. The molecule has 1 saturated heterocycles. The number of hydrogen-bond donors (Lipinski definition) is 1. The van der Waals surface area contributed by atoms with Gasteiger partial charge in [0.15, 0.2) is 0 Å². The molecule has 198 valence electrons. The SMILES string of the molecule is CCOC(=O)c1ccc2c(c1)N(C(=O)OC(C)(C)C)CC21CCN(c2nc3c(c(=O)[nH]2)CCCC3)CC1. The summed E-state index contributed by atoms with van der Waals surface area (Å²) >= 11 is 0. The number of carbonyl (C=O) groups is 2. The zero-order valence-electron chi connectivity index (χ0n) is 22.2. The third kappa shape index (κ3) is 4.83. The second kappa shape index (κ2) is 9.50. The maximum absolute atomic E-state index is 13.2. The van der Waals surface area contributed by atoms with E-state index in [4.69, 9.17) is 14.5 Å². The van der Waals surface area contributed by atoms with E-state index in [1.54, 1.807) is 24.0 Å². The molecule has 1 aliphatic carbocycles. The minimum atomic E-state index is -0.640. The molecule has 1 amide bonds. The Balaban J connectivity index is 1.43. The van der Waals surface area contributed by atoms with Gasteiger partial charge < -0.3 is 14.4 Å². The lowest BCUT2D eigenvalue weighted by molar-refractivity contribution is 0.0523. The molecule has 3 aliphatic rings. The Morgan fingerprint density at radius 2 is 1.86 bits per heavy atom. The van der Waals surface area contributed by atoms with Crippen molar-refractivity contribution in [3.8, 4) is 0 Å². The Labute approximate surface area is 217 Å². The first-order valence-electron chi connectivity index (χ1n) is 13.3. The molecule has 1 N–H and O–H groups in total. The van der Waals surface area contributed by atoms with Gasteiger partial charge in [-0.05, 0) is 83.9 Å². The molecule has 2 aliphatic heterocycles. The Kier molecular flexibility index (Phi) is 6.50. The van der Waals surface area contributed by atoms with Crippen molar-refractivity contribution in [1.29, 1.82) is 0 Å². The second-order valence-electron chi connectivity index (χ2n) is 11.3. The van der Waals surface area contributed by atoms with Crippen molar-refractivity contribution in [2.24, 2.45) is 0 Å². The van der Waals surface area contributed by atoms with Crippen molar-refractivity contribution >= 4 is 23.7 Å². The maximum Gasteiger partial charge on any atom is 0.414 e. The van der Waals surface area contributed by atoms with Crippen molar-refractivity contribution in [3.05, 3.63) is 50.9 Å². The highest BCUT2D eigenvalue weighted by Gasteiger charge is 2.48. The Hall–Kier alpha value is -3.36. The molecule has 1 spiro atoms. The number of fused-ring (bicyclic) bond motifs is 3. The molecule has 0 atom stereocenters. The number of aromatic nitrogens is 2. The van der Waals surface area contributed by atoms with E-state index in [0.29, 0.717) is 36.8 Å². The summed E-state index contributed by atoms with van der Waals surface area (Å²) in [6.45, 7) is 9.46. The fourth-order valence-electron chi connectivity index (χ4n) is 5.81. The highest BCUT2D eigenvalue weighted by molar-refractivity contribution is 5.96. The van der Waals surface area contributed by atoms with Crippen LogP contribution in [0.2, 0.25) is 0 Å². The topological polar surface area (TPSA) is 105 Å². The first-order valence-corrected chi connectivity index (χ1v) is 13.3. The normalized spacial score (nSPS) is 18.4. The molecule has 1 fully saturated rings. The summed E-state index contributed by atoms with van der Waals surface area (Å²) in [6.07, 6.45) is 4.88. The molecule has 0 saturated carbocycles. The number of aryl methyl sites for hydroxylation is 1. The van der Waals surface area contributed by atoms with E-state index < -0.39 is 17.7 Å². The molecule has 9 heteroatoms. The molecule has 0 unspecified atom stereocenters. The predicted molar refractivity (Wildman–Crippen MR) is 141 cm³/mol. The summed E-state index contributed by atoms with van der Waals surface area (Å²) in [6, 6.07) is 5.49. The van der Waals surface area contributed by atoms with Gasteiger partial charge in [-0.15, -0.1) is 0 Å². The van der Waals surface area contributed by atoms with E-state index in [9.17, 15) is 14.4 Å². The van der Waals surface area contributed by atoms with E-state index in [1.165, 1.54) is 0 Å². The fourth-order valence-corrected chi connectivity index (χ4v) is 5.81. The van der Waals surface area contributed by atoms with Crippen molar-refractivity contribution in [2.45, 2.75) is 77.2 Å². The van der Waals surface area contributed by atoms with Crippen molar-refractivity contribution in [2.75, 3.05) is 36.0 Å². The lowest BCUT2D eigenvalue weighted by Gasteiger charge is -2.40. The standard InChI is InChI=1S/C28H36N4O5/c1-5-36-24(34)18-10-11-20-22(16-18)32(26(35)37-27(2,3)4)17-28(20)12-14-31(15-13-28)25-29-21-9-7-6-8-19(21)23(33)30-25/h10-11,16H,5-9,12-15,17H2,1-4H3,(H,29,30,33). The summed E-state index contributed by atoms with van der Waals surface area (Å²) in [7, 11) is 0. The quantitative estimate of drug-likeness (QED) is 0.622. The van der Waals surface area contributed by atoms with Crippen LogP contribution in [0.15, 0.2) is 23.0 Å². The minimum Gasteiger partial charge on any atom is -0.462 e. The van der Waals surface area contributed by atoms with Gasteiger partial charge in [0, 0.05) is 30.6 Å². The number of hydrogen-bond acceptors (Lipinski definition) is 7. The lowest BCUT2D eigenvalue weighted by atomic mass is 9.74. The van der Waals surface area contributed by atoms with Gasteiger partial charge in [0.05, 0.1) is 23.6 Å². The minimum absolute atomic E-state index is 0.0196. The molecule has 5 rings (SSSR count). The highest BCUT2D eigenvalue weighted by Crippen LogP contribution is 2.48. The third-order valence-corrected chi connectivity index (χ3v) is 7.64. The zero-order chi connectivity index (χ0) is 26.4. The van der Waals surface area contributed by atoms with Crippen LogP contribution in [0.5, 0.6) is 0 Å². The molecular formula is C28H36N4O5. The largest absolute Gasteiger partial charge is 0.462 e. The Bertz CT molecular complexity index is 1270. The number of piperidine rings is 1. The third-order valence-electron chi connectivity index (χ3n) is 7.64. The molecule has 9 nitrogen and oxygen atoms in total. The number of esters is 1. The molecule has 0 bridgehead atoms. The van der Waals surface area contributed by atoms with Gasteiger partial charge in [0.1, 0.15) is 5.60 Å². The van der Waals surface area contributed by atoms with E-state index >= 15 is 0 Å². The van der Waals surface area contributed by atoms with Crippen LogP contribution in [0.3, 0.4) is 0 Å². The van der Waals surface area contributed by atoms with Crippen LogP contribution in [0.25, 0.3) is 0 Å². The van der Waals surface area contributed by atoms with Gasteiger partial charge in [-0.25, -0.2) is 14.6 Å². The van der Waals surface area contributed by atoms with Crippen LogP contribution in [-0.2, 0) is 27.7 Å². The van der Waals surface area contributed by atoms with Crippen molar-refractivity contribution in [1.82, 2.24) is 9.97 Å². The molecule has 1 aromatic carbocycles. The number of H-pyrrole nitrogens is 1. The molecule has 0 radical (unpaired) electrons. The number of anilines is 2. The van der Waals surface area contributed by atoms with Crippen molar-refractivity contribution in [3.63, 3.8) is 0 Å². The first-order chi connectivity index (χ1) is 17.6. The van der Waals surface area contributed by atoms with Gasteiger partial charge in [-0.3, -0.25) is 14.7 Å². The monoisotopic (exact) mass is 508 g/mol. The van der Waals surface area contributed by atoms with Gasteiger partial charge in [0.25, 0.3) is 5.56 Å². The maximum atomic E-state index is 13.2. The summed E-state index contributed by atoms with van der Waals surface area (Å²) in [4.78, 5) is 50.0. The van der Waals surface area contributed by atoms with Crippen LogP contribution in [0, 0.1) is 0 Å². The molecule has 3 heterocycles. The lowest BCUT2D eigenvalue weighted by Crippen LogP contribution is -2.47. The van der Waals surface area contributed by atoms with Crippen LogP contribution >= 0.6 is 0 Å². The van der Waals surface area contributed by atoms with E-state index in [1.807, 2.05) is 26.8 Å². The number of carbonyl (C=O) groups excluding carboxylic acids is 2. The van der Waals surface area contributed by atoms with Gasteiger partial charge in [-0.1, -0.05) is 6.07 Å². The summed E-state index contributed by atoms with van der Waals surface area (Å²) in [5.74, 6) is 0.230. The number of benzene rings is 1. The number of nitrogens with one attached hydrogen (secondary N) is 1. The van der Waals surface area contributed by atoms with E-state index in [-0.39, 0.29) is 17.6 Å². The zero-order valence-corrected chi connectivity index (χ0v) is 22.2. The van der Waals surface area contributed by atoms with Gasteiger partial charge in [0.2, 0.25) is 5.95 Å². The Morgan fingerprint density at radius 3 is 2.57 bits per heavy atom. The highest BCUT2D eigenvalue weighted by atomic mass is 16.6. The van der Waals surface area contributed by atoms with Crippen LogP contribution in [0.4, 0.5) is 16.4 Å². The summed E-state index contributed by atoms with van der Waals surface area (Å²) < 4.78 is 10.9. The van der Waals surface area contributed by atoms with Crippen LogP contribution in [-0.4, -0.2) is 53.9 Å². The number of aromatic amines is 1. The van der Waals surface area contributed by atoms with Crippen molar-refractivity contribution < 1.29 is 19.1 Å². The number of amides is 1. The average molecular weight is 509 g/mol. The second-order valence-corrected chi connectivity index (χ2v) is 11.3. The average Bonchev–Trinajstić information content (AvgIpc) is 3.17. The summed E-state index contributed by atoms with van der Waals surface area (Å²) in [5, 5.41) is 0. The molecule has 37 heavy (non-hydrogen) atoms. The molecule has 1 aromatic heterocycles.